The van der Waals surface area contributed by atoms with E-state index < -0.39 is 0 Å². The standard InChI is InChI=1S/C14H18N2S2/c17-13(15-12-7-3-1-4-8-12)11-14(18)16-9-5-2-6-10-16/h1,3-4,7-8H,2,5-6,9-11H2,(H,15,17). The maximum atomic E-state index is 5.46. The molecule has 0 aromatic heterocycles. The van der Waals surface area contributed by atoms with E-state index in [-0.39, 0.29) is 0 Å². The summed E-state index contributed by atoms with van der Waals surface area (Å²) >= 11 is 10.8. The van der Waals surface area contributed by atoms with E-state index in [0.717, 1.165) is 28.8 Å². The van der Waals surface area contributed by atoms with Gasteiger partial charge >= 0.3 is 0 Å². The lowest BCUT2D eigenvalue weighted by Crippen LogP contribution is -2.36. The van der Waals surface area contributed by atoms with E-state index >= 15 is 0 Å². The minimum atomic E-state index is 0.680. The van der Waals surface area contributed by atoms with Gasteiger partial charge in [0.1, 0.15) is 0 Å². The number of hydrogen-bond donors (Lipinski definition) is 1. The monoisotopic (exact) mass is 278 g/mol. The molecule has 2 rings (SSSR count). The highest BCUT2D eigenvalue weighted by Gasteiger charge is 2.14. The van der Waals surface area contributed by atoms with Crippen LogP contribution in [-0.4, -0.2) is 28.0 Å². The van der Waals surface area contributed by atoms with E-state index in [9.17, 15) is 0 Å². The highest BCUT2D eigenvalue weighted by atomic mass is 32.1. The number of thiocarbonyl (C=S) groups is 2. The van der Waals surface area contributed by atoms with Crippen LogP contribution in [0.3, 0.4) is 0 Å². The summed E-state index contributed by atoms with van der Waals surface area (Å²) in [6.45, 7) is 2.18. The Labute approximate surface area is 119 Å². The van der Waals surface area contributed by atoms with Gasteiger partial charge in [-0.1, -0.05) is 42.6 Å². The van der Waals surface area contributed by atoms with E-state index in [1.807, 2.05) is 30.3 Å². The van der Waals surface area contributed by atoms with Crippen LogP contribution in [0.1, 0.15) is 25.7 Å². The predicted molar refractivity (Wildman–Crippen MR) is 85.3 cm³/mol. The second-order valence-electron chi connectivity index (χ2n) is 4.53. The number of benzene rings is 1. The lowest BCUT2D eigenvalue weighted by Gasteiger charge is -2.29. The van der Waals surface area contributed by atoms with Gasteiger partial charge in [-0.3, -0.25) is 0 Å². The molecule has 2 nitrogen and oxygen atoms in total. The van der Waals surface area contributed by atoms with Crippen LogP contribution in [0.5, 0.6) is 0 Å². The van der Waals surface area contributed by atoms with Gasteiger partial charge in [-0.2, -0.15) is 0 Å². The van der Waals surface area contributed by atoms with Crippen LogP contribution in [0, 0.1) is 0 Å². The Kier molecular flexibility index (Phi) is 5.08. The normalized spacial score (nSPS) is 15.2. The van der Waals surface area contributed by atoms with Crippen molar-refractivity contribution in [3.63, 3.8) is 0 Å². The zero-order valence-electron chi connectivity index (χ0n) is 10.4. The third kappa shape index (κ3) is 4.03. The number of piperidine rings is 1. The lowest BCUT2D eigenvalue weighted by atomic mass is 10.1. The number of rotatable bonds is 3. The molecule has 0 bridgehead atoms. The summed E-state index contributed by atoms with van der Waals surface area (Å²) in [5.74, 6) is 0. The summed E-state index contributed by atoms with van der Waals surface area (Å²) in [6.07, 6.45) is 4.50. The fourth-order valence-corrected chi connectivity index (χ4v) is 2.79. The molecule has 0 saturated carbocycles. The maximum Gasteiger partial charge on any atom is 0.0865 e. The van der Waals surface area contributed by atoms with E-state index in [1.165, 1.54) is 19.3 Å². The van der Waals surface area contributed by atoms with Crippen LogP contribution >= 0.6 is 24.4 Å². The first-order valence-corrected chi connectivity index (χ1v) is 7.20. The van der Waals surface area contributed by atoms with Gasteiger partial charge in [-0.25, -0.2) is 0 Å². The molecule has 1 aliphatic rings. The molecular formula is C14H18N2S2. The van der Waals surface area contributed by atoms with Crippen LogP contribution < -0.4 is 5.32 Å². The topological polar surface area (TPSA) is 15.3 Å². The number of nitrogens with zero attached hydrogens (tertiary/aromatic N) is 1. The van der Waals surface area contributed by atoms with Crippen molar-refractivity contribution in [2.75, 3.05) is 18.4 Å². The van der Waals surface area contributed by atoms with Crippen LogP contribution in [0.2, 0.25) is 0 Å². The number of nitrogens with one attached hydrogen (secondary N) is 1. The second-order valence-corrected chi connectivity index (χ2v) is 5.50. The minimum absolute atomic E-state index is 0.680. The summed E-state index contributed by atoms with van der Waals surface area (Å²) in [5, 5.41) is 3.23. The summed E-state index contributed by atoms with van der Waals surface area (Å²) in [7, 11) is 0. The molecule has 1 aromatic carbocycles. The molecule has 0 radical (unpaired) electrons. The van der Waals surface area contributed by atoms with Gasteiger partial charge in [-0.05, 0) is 31.4 Å². The summed E-state index contributed by atoms with van der Waals surface area (Å²) in [5.41, 5.74) is 1.03. The summed E-state index contributed by atoms with van der Waals surface area (Å²) in [6, 6.07) is 10.0. The number of para-hydroxylation sites is 1. The van der Waals surface area contributed by atoms with E-state index in [4.69, 9.17) is 24.4 Å². The molecular weight excluding hydrogens is 260 g/mol. The maximum absolute atomic E-state index is 5.46. The van der Waals surface area contributed by atoms with Crippen LogP contribution in [0.25, 0.3) is 0 Å². The fraction of sp³-hybridized carbons (Fsp3) is 0.429. The zero-order valence-corrected chi connectivity index (χ0v) is 12.0. The molecule has 0 amide bonds. The lowest BCUT2D eigenvalue weighted by molar-refractivity contribution is 0.344. The molecule has 4 heteroatoms. The van der Waals surface area contributed by atoms with Gasteiger partial charge < -0.3 is 10.2 Å². The first kappa shape index (κ1) is 13.4. The SMILES string of the molecule is S=C(CC(=S)N1CCCCC1)Nc1ccccc1. The highest BCUT2D eigenvalue weighted by Crippen LogP contribution is 2.12. The van der Waals surface area contributed by atoms with Gasteiger partial charge in [0.05, 0.1) is 9.98 Å². The van der Waals surface area contributed by atoms with Crippen LogP contribution in [0.4, 0.5) is 5.69 Å². The molecule has 1 saturated heterocycles. The average molecular weight is 278 g/mol. The molecule has 18 heavy (non-hydrogen) atoms. The van der Waals surface area contributed by atoms with Crippen molar-refractivity contribution in [3.05, 3.63) is 30.3 Å². The molecule has 1 aromatic rings. The van der Waals surface area contributed by atoms with Crippen molar-refractivity contribution < 1.29 is 0 Å². The van der Waals surface area contributed by atoms with E-state index in [1.54, 1.807) is 0 Å². The Morgan fingerprint density at radius 3 is 2.39 bits per heavy atom. The Morgan fingerprint density at radius 2 is 1.72 bits per heavy atom. The molecule has 0 atom stereocenters. The molecule has 1 N–H and O–H groups in total. The van der Waals surface area contributed by atoms with E-state index in [0.29, 0.717) is 6.42 Å². The number of anilines is 1. The molecule has 0 aliphatic carbocycles. The Hall–Kier alpha value is -1.00. The summed E-state index contributed by atoms with van der Waals surface area (Å²) < 4.78 is 0. The quantitative estimate of drug-likeness (QED) is 0.849. The van der Waals surface area contributed by atoms with Crippen molar-refractivity contribution in [1.82, 2.24) is 4.90 Å². The van der Waals surface area contributed by atoms with E-state index in [2.05, 4.69) is 10.2 Å². The smallest absolute Gasteiger partial charge is 0.0865 e. The minimum Gasteiger partial charge on any atom is -0.366 e. The van der Waals surface area contributed by atoms with Crippen LogP contribution in [-0.2, 0) is 0 Å². The van der Waals surface area contributed by atoms with Crippen molar-refractivity contribution in [3.8, 4) is 0 Å². The Balaban J connectivity index is 1.82. The van der Waals surface area contributed by atoms with Gasteiger partial charge in [-0.15, -0.1) is 0 Å². The molecule has 96 valence electrons. The molecule has 1 fully saturated rings. The average Bonchev–Trinajstić information content (AvgIpc) is 2.40. The van der Waals surface area contributed by atoms with Crippen LogP contribution in [0.15, 0.2) is 30.3 Å². The van der Waals surface area contributed by atoms with Gasteiger partial charge in [0.15, 0.2) is 0 Å². The predicted octanol–water partition coefficient (Wildman–Crippen LogP) is 3.63. The van der Waals surface area contributed by atoms with Gasteiger partial charge in [0, 0.05) is 25.2 Å². The number of likely N-dealkylation sites (tertiary alicyclic amines) is 1. The Morgan fingerprint density at radius 1 is 1.06 bits per heavy atom. The number of hydrogen-bond acceptors (Lipinski definition) is 2. The second kappa shape index (κ2) is 6.81. The zero-order chi connectivity index (χ0) is 12.8. The molecule has 1 aliphatic heterocycles. The largest absolute Gasteiger partial charge is 0.366 e. The molecule has 0 spiro atoms. The fourth-order valence-electron chi connectivity index (χ4n) is 2.12. The van der Waals surface area contributed by atoms with Crippen molar-refractivity contribution >= 4 is 40.1 Å². The third-order valence-electron chi connectivity index (χ3n) is 3.08. The molecule has 0 unspecified atom stereocenters. The van der Waals surface area contributed by atoms with Crippen molar-refractivity contribution in [2.45, 2.75) is 25.7 Å². The first-order chi connectivity index (χ1) is 8.75. The summed E-state index contributed by atoms with van der Waals surface area (Å²) in [4.78, 5) is 4.07. The third-order valence-corrected chi connectivity index (χ3v) is 3.73. The highest BCUT2D eigenvalue weighted by molar-refractivity contribution is 7.82. The van der Waals surface area contributed by atoms with Crippen molar-refractivity contribution in [1.29, 1.82) is 0 Å². The first-order valence-electron chi connectivity index (χ1n) is 6.38. The van der Waals surface area contributed by atoms with Crippen molar-refractivity contribution in [2.24, 2.45) is 0 Å². The van der Waals surface area contributed by atoms with Gasteiger partial charge in [0.2, 0.25) is 0 Å². The Bertz CT molecular complexity index is 411. The molecule has 1 heterocycles. The van der Waals surface area contributed by atoms with Gasteiger partial charge in [0.25, 0.3) is 0 Å².